The van der Waals surface area contributed by atoms with E-state index in [2.05, 4.69) is 27.1 Å². The van der Waals surface area contributed by atoms with Crippen molar-refractivity contribution in [3.05, 3.63) is 10.2 Å². The molecule has 0 saturated carbocycles. The molecule has 3 heteroatoms. The zero-order chi connectivity index (χ0) is 8.53. The van der Waals surface area contributed by atoms with Gasteiger partial charge in [0.15, 0.2) is 0 Å². The molecular weight excluding hydrogens is 319 g/mol. The number of carbonyl (C=O) groups excluding carboxylic acids is 1. The van der Waals surface area contributed by atoms with Crippen LogP contribution in [0.25, 0.3) is 0 Å². The second-order valence-corrected chi connectivity index (χ2v) is 5.94. The molecule has 0 fully saturated rings. The summed E-state index contributed by atoms with van der Waals surface area (Å²) in [5.41, 5.74) is 0. The van der Waals surface area contributed by atoms with E-state index in [4.69, 9.17) is 0 Å². The van der Waals surface area contributed by atoms with E-state index in [1.54, 1.807) is 6.08 Å². The van der Waals surface area contributed by atoms with E-state index in [9.17, 15) is 4.79 Å². The van der Waals surface area contributed by atoms with Gasteiger partial charge in [-0.15, -0.1) is 0 Å². The number of unbranched alkanes of at least 4 members (excludes halogenated alkanes) is 2. The summed E-state index contributed by atoms with van der Waals surface area (Å²) in [7, 11) is 0. The molecule has 1 nitrogen and oxygen atoms in total. The van der Waals surface area contributed by atoms with Crippen LogP contribution in [0.15, 0.2) is 10.2 Å². The summed E-state index contributed by atoms with van der Waals surface area (Å²) in [6, 6.07) is 0. The number of hydrogen-bond donors (Lipinski definition) is 0. The third-order valence-electron chi connectivity index (χ3n) is 1.17. The molecule has 0 aliphatic carbocycles. The van der Waals surface area contributed by atoms with Crippen LogP contribution in [0.2, 0.25) is 4.47 Å². The van der Waals surface area contributed by atoms with Crippen molar-refractivity contribution in [1.82, 2.24) is 0 Å². The van der Waals surface area contributed by atoms with E-state index < -0.39 is 0 Å². The van der Waals surface area contributed by atoms with Gasteiger partial charge in [-0.25, -0.2) is 0 Å². The van der Waals surface area contributed by atoms with Crippen molar-refractivity contribution in [1.29, 1.82) is 0 Å². The molecule has 0 aromatic rings. The van der Waals surface area contributed by atoms with Crippen LogP contribution >= 0.6 is 0 Å². The third kappa shape index (κ3) is 10.7. The third-order valence-corrected chi connectivity index (χ3v) is 3.89. The molecule has 0 N–H and O–H groups in total. The second kappa shape index (κ2) is 8.81. The summed E-state index contributed by atoms with van der Waals surface area (Å²) in [4.78, 5) is 10.4. The van der Waals surface area contributed by atoms with Crippen LogP contribution in [0, 0.1) is 0 Å². The first-order valence-corrected chi connectivity index (χ1v) is 7.61. The van der Waals surface area contributed by atoms with Crippen LogP contribution < -0.4 is 0 Å². The van der Waals surface area contributed by atoms with Gasteiger partial charge < -0.3 is 0 Å². The van der Waals surface area contributed by atoms with Crippen molar-refractivity contribution >= 4 is 41.6 Å². The number of allylic oxidation sites excluding steroid dienone is 1. The Balaban J connectivity index is 3.07. The first kappa shape index (κ1) is 11.7. The van der Waals surface area contributed by atoms with Gasteiger partial charge >= 0.3 is 87.3 Å². The average molecular weight is 332 g/mol. The van der Waals surface area contributed by atoms with Crippen LogP contribution in [0.4, 0.5) is 0 Å². The predicted molar refractivity (Wildman–Crippen MR) is 50.0 cm³/mol. The second-order valence-electron chi connectivity index (χ2n) is 2.20. The normalized spacial score (nSPS) is 10.6. The molecule has 0 aliphatic heterocycles. The molecule has 0 aromatic heterocycles. The van der Waals surface area contributed by atoms with Crippen LogP contribution in [0.5, 0.6) is 0 Å². The van der Waals surface area contributed by atoms with Gasteiger partial charge in [0.1, 0.15) is 0 Å². The van der Waals surface area contributed by atoms with Gasteiger partial charge in [-0.1, -0.05) is 0 Å². The van der Waals surface area contributed by atoms with Crippen LogP contribution in [-0.2, 0) is 4.79 Å². The molecule has 1 radical (unpaired) electrons. The summed E-state index contributed by atoms with van der Waals surface area (Å²) in [5, 5.41) is 0. The van der Waals surface area contributed by atoms with Crippen molar-refractivity contribution in [3.8, 4) is 0 Å². The van der Waals surface area contributed by atoms with Gasteiger partial charge in [0.2, 0.25) is 0 Å². The Morgan fingerprint density at radius 2 is 2.27 bits per heavy atom. The van der Waals surface area contributed by atoms with E-state index in [1.807, 2.05) is 0 Å². The van der Waals surface area contributed by atoms with Crippen molar-refractivity contribution in [2.45, 2.75) is 30.7 Å². The van der Waals surface area contributed by atoms with E-state index >= 15 is 0 Å². The van der Waals surface area contributed by atoms with Crippen molar-refractivity contribution in [2.24, 2.45) is 0 Å². The summed E-state index contributed by atoms with van der Waals surface area (Å²) in [6.45, 7) is 2.21. The van der Waals surface area contributed by atoms with Gasteiger partial charge in [0.25, 0.3) is 0 Å². The van der Waals surface area contributed by atoms with Crippen LogP contribution in [0.1, 0.15) is 26.2 Å². The molecule has 0 spiro atoms. The number of carbonyl (C=O) groups is 1. The first-order valence-electron chi connectivity index (χ1n) is 3.76. The zero-order valence-corrected chi connectivity index (χ0v) is 10.8. The fourth-order valence-electron chi connectivity index (χ4n) is 0.607. The Morgan fingerprint density at radius 1 is 1.55 bits per heavy atom. The van der Waals surface area contributed by atoms with Crippen molar-refractivity contribution < 1.29 is 4.79 Å². The quantitative estimate of drug-likeness (QED) is 0.410. The molecule has 0 atom stereocenters. The molecule has 0 unspecified atom stereocenters. The molecular formula is C8H13OSeTe. The summed E-state index contributed by atoms with van der Waals surface area (Å²) >= 11 is 2.43. The first-order chi connectivity index (χ1) is 5.27. The van der Waals surface area contributed by atoms with E-state index in [0.29, 0.717) is 0 Å². The van der Waals surface area contributed by atoms with Gasteiger partial charge in [0.05, 0.1) is 0 Å². The van der Waals surface area contributed by atoms with E-state index in [1.165, 1.54) is 23.7 Å². The average Bonchev–Trinajstić information content (AvgIpc) is 1.96. The van der Waals surface area contributed by atoms with Crippen LogP contribution in [-0.4, -0.2) is 41.6 Å². The fourth-order valence-corrected chi connectivity index (χ4v) is 3.43. The van der Waals surface area contributed by atoms with Crippen LogP contribution in [0.3, 0.4) is 0 Å². The Labute approximate surface area is 86.9 Å². The number of hydrogen-bond acceptors (Lipinski definition) is 1. The van der Waals surface area contributed by atoms with Crippen molar-refractivity contribution in [3.63, 3.8) is 0 Å². The molecule has 0 saturated heterocycles. The topological polar surface area (TPSA) is 17.1 Å². The van der Waals surface area contributed by atoms with Crippen molar-refractivity contribution in [2.75, 3.05) is 0 Å². The Hall–Kier alpha value is 0.719. The fraction of sp³-hybridized carbons (Fsp3) is 0.625. The number of rotatable bonds is 6. The standard InChI is InChI=1S/C8H13OSeTe/c1-2-3-4-6-11-7-5-8(9)10/h5,7H,2-4,6H2,1H3. The molecule has 0 aromatic carbocycles. The molecule has 11 heavy (non-hydrogen) atoms. The Bertz CT molecular complexity index is 134. The monoisotopic (exact) mass is 335 g/mol. The minimum atomic E-state index is -0.00226. The minimum absolute atomic E-state index is 0.00226. The Kier molecular flexibility index (Phi) is 9.39. The molecule has 63 valence electrons. The van der Waals surface area contributed by atoms with E-state index in [0.717, 1.165) is 0 Å². The summed E-state index contributed by atoms with van der Waals surface area (Å²) in [6.07, 6.45) is 5.63. The Morgan fingerprint density at radius 3 is 2.82 bits per heavy atom. The van der Waals surface area contributed by atoms with Gasteiger partial charge in [-0.05, 0) is 0 Å². The molecule has 0 aliphatic rings. The van der Waals surface area contributed by atoms with Gasteiger partial charge in [0, 0.05) is 0 Å². The zero-order valence-electron chi connectivity index (χ0n) is 6.71. The predicted octanol–water partition coefficient (Wildman–Crippen LogP) is 1.51. The summed E-state index contributed by atoms with van der Waals surface area (Å²) < 4.78 is 3.47. The maximum absolute atomic E-state index is 10.4. The van der Waals surface area contributed by atoms with E-state index in [-0.39, 0.29) is 25.6 Å². The van der Waals surface area contributed by atoms with Gasteiger partial charge in [-0.3, -0.25) is 0 Å². The summed E-state index contributed by atoms with van der Waals surface area (Å²) in [5.74, 6) is 0. The SMILES string of the molecule is CCCCC[Te]C=CC(=O)[Se]. The molecule has 0 rings (SSSR count). The molecule has 0 bridgehead atoms. The molecule has 0 heterocycles. The molecule has 0 amide bonds. The maximum atomic E-state index is 10.4. The van der Waals surface area contributed by atoms with Gasteiger partial charge in [-0.2, -0.15) is 0 Å².